The van der Waals surface area contributed by atoms with Gasteiger partial charge in [-0.1, -0.05) is 35.9 Å². The monoisotopic (exact) mass is 463 g/mol. The first-order valence-corrected chi connectivity index (χ1v) is 10.1. The molecule has 2 aliphatic rings. The Morgan fingerprint density at radius 3 is 2.62 bits per heavy atom. The second kappa shape index (κ2) is 8.43. The maximum atomic E-state index is 14.7. The summed E-state index contributed by atoms with van der Waals surface area (Å²) >= 11 is 5.70. The Labute approximate surface area is 191 Å². The number of hydrogen-bond donors (Lipinski definition) is 1. The van der Waals surface area contributed by atoms with Crippen LogP contribution in [0.25, 0.3) is 0 Å². The van der Waals surface area contributed by atoms with Crippen LogP contribution in [0, 0.1) is 0 Å². The number of Topliss-reactive ketones (excluding diaryl/α,β-unsaturated/α-hetero) is 1. The van der Waals surface area contributed by atoms with E-state index in [1.165, 1.54) is 30.3 Å². The van der Waals surface area contributed by atoms with Gasteiger partial charge in [0.2, 0.25) is 17.6 Å². The van der Waals surface area contributed by atoms with E-state index < -0.39 is 60.3 Å². The van der Waals surface area contributed by atoms with Gasteiger partial charge in [0.25, 0.3) is 5.91 Å². The highest BCUT2D eigenvalue weighted by atomic mass is 35.5. The van der Waals surface area contributed by atoms with Gasteiger partial charge in [-0.2, -0.15) is 8.78 Å². The summed E-state index contributed by atoms with van der Waals surface area (Å²) in [4.78, 5) is 49.9. The number of imide groups is 1. The molecule has 2 heterocycles. The molecule has 2 unspecified atom stereocenters. The summed E-state index contributed by atoms with van der Waals surface area (Å²) in [6.07, 6.45) is -3.65. The second-order valence-electron chi connectivity index (χ2n) is 7.47. The molecule has 166 valence electrons. The third-order valence-corrected chi connectivity index (χ3v) is 5.60. The van der Waals surface area contributed by atoms with Gasteiger partial charge in [-0.3, -0.25) is 24.5 Å². The Morgan fingerprint density at radius 1 is 1.22 bits per heavy atom. The van der Waals surface area contributed by atoms with Crippen LogP contribution in [0.15, 0.2) is 42.5 Å². The minimum absolute atomic E-state index is 0.000988. The summed E-state index contributed by atoms with van der Waals surface area (Å²) < 4.78 is 54.4. The van der Waals surface area contributed by atoms with Crippen LogP contribution in [0.5, 0.6) is 0 Å². The van der Waals surface area contributed by atoms with Crippen LogP contribution in [-0.2, 0) is 33.2 Å². The van der Waals surface area contributed by atoms with E-state index in [1.807, 2.05) is 0 Å². The number of amides is 3. The van der Waals surface area contributed by atoms with Gasteiger partial charge in [0, 0.05) is 38.3 Å². The largest absolute Gasteiger partial charge is 0.330 e. The van der Waals surface area contributed by atoms with Crippen molar-refractivity contribution >= 4 is 35.1 Å². The molecule has 0 radical (unpaired) electrons. The molecule has 4 rings (SSSR count). The molecule has 32 heavy (non-hydrogen) atoms. The molecule has 3 amide bonds. The molecule has 9 heteroatoms. The van der Waals surface area contributed by atoms with Crippen LogP contribution in [0.3, 0.4) is 0 Å². The van der Waals surface area contributed by atoms with Crippen molar-refractivity contribution in [3.63, 3.8) is 0 Å². The number of fused-ring (bicyclic) bond motifs is 1. The van der Waals surface area contributed by atoms with E-state index in [2.05, 4.69) is 5.32 Å². The summed E-state index contributed by atoms with van der Waals surface area (Å²) in [7, 11) is 0. The SMILES string of the molecule is [2H]C1c2cc(C([2H])([2H])CC(=O)C(F)(F)c3ccc(Cl)cc3)ccc2C(=O)N1C1CCC(=O)NC1=O. The summed E-state index contributed by atoms with van der Waals surface area (Å²) in [6.45, 7) is -1.37. The van der Waals surface area contributed by atoms with Crippen LogP contribution >= 0.6 is 11.6 Å². The van der Waals surface area contributed by atoms with Crippen molar-refractivity contribution in [3.05, 3.63) is 69.7 Å². The third kappa shape index (κ3) is 4.14. The predicted molar refractivity (Wildman–Crippen MR) is 111 cm³/mol. The van der Waals surface area contributed by atoms with Gasteiger partial charge in [0.15, 0.2) is 0 Å². The van der Waals surface area contributed by atoms with Gasteiger partial charge in [0.05, 0.1) is 1.37 Å². The van der Waals surface area contributed by atoms with Crippen molar-refractivity contribution < 1.29 is 32.1 Å². The maximum absolute atomic E-state index is 14.7. The van der Waals surface area contributed by atoms with Crippen molar-refractivity contribution in [2.75, 3.05) is 0 Å². The van der Waals surface area contributed by atoms with Crippen LogP contribution in [0.1, 0.15) is 50.4 Å². The van der Waals surface area contributed by atoms with E-state index in [9.17, 15) is 28.0 Å². The molecular formula is C23H19ClF2N2O4. The molecule has 0 spiro atoms. The van der Waals surface area contributed by atoms with E-state index in [1.54, 1.807) is 0 Å². The zero-order valence-electron chi connectivity index (χ0n) is 19.5. The highest BCUT2D eigenvalue weighted by Crippen LogP contribution is 2.32. The zero-order chi connectivity index (χ0) is 25.7. The van der Waals surface area contributed by atoms with Gasteiger partial charge in [0.1, 0.15) is 6.04 Å². The molecule has 1 N–H and O–H groups in total. The van der Waals surface area contributed by atoms with Crippen LogP contribution in [-0.4, -0.2) is 34.4 Å². The number of carbonyl (C=O) groups is 4. The average Bonchev–Trinajstić information content (AvgIpc) is 3.03. The van der Waals surface area contributed by atoms with Crippen molar-refractivity contribution in [2.45, 2.75) is 44.1 Å². The third-order valence-electron chi connectivity index (χ3n) is 5.35. The molecule has 2 atom stereocenters. The number of benzene rings is 2. The number of ketones is 1. The topological polar surface area (TPSA) is 83.6 Å². The molecule has 2 aromatic rings. The number of carbonyl (C=O) groups excluding carboxylic acids is 4. The highest BCUT2D eigenvalue weighted by molar-refractivity contribution is 6.30. The standard InChI is InChI=1S/C23H19ClF2N2O4/c24-16-5-3-15(4-6-16)23(25,26)19(29)9-2-13-1-7-17-14(11-13)12-28(22(17)32)18-8-10-20(30)27-21(18)31/h1,3-7,11,18H,2,8-10,12H2,(H,27,30,31)/i2D2,12D. The van der Waals surface area contributed by atoms with E-state index >= 15 is 0 Å². The van der Waals surface area contributed by atoms with E-state index in [0.29, 0.717) is 0 Å². The number of halogens is 3. The minimum Gasteiger partial charge on any atom is -0.322 e. The number of hydrogen-bond acceptors (Lipinski definition) is 4. The van der Waals surface area contributed by atoms with Crippen molar-refractivity contribution in [2.24, 2.45) is 0 Å². The Hall–Kier alpha value is -3.13. The Balaban J connectivity index is 1.57. The van der Waals surface area contributed by atoms with E-state index in [4.69, 9.17) is 15.7 Å². The molecule has 0 aliphatic carbocycles. The highest BCUT2D eigenvalue weighted by Gasteiger charge is 2.41. The fourth-order valence-corrected chi connectivity index (χ4v) is 3.74. The molecule has 1 saturated heterocycles. The maximum Gasteiger partial charge on any atom is 0.330 e. The van der Waals surface area contributed by atoms with Crippen molar-refractivity contribution in [1.29, 1.82) is 0 Å². The quantitative estimate of drug-likeness (QED) is 0.665. The summed E-state index contributed by atoms with van der Waals surface area (Å²) in [6, 6.07) is 6.97. The molecule has 1 fully saturated rings. The molecule has 0 bridgehead atoms. The lowest BCUT2D eigenvalue weighted by Crippen LogP contribution is -2.52. The minimum atomic E-state index is -3.95. The summed E-state index contributed by atoms with van der Waals surface area (Å²) in [5, 5.41) is 2.34. The summed E-state index contributed by atoms with van der Waals surface area (Å²) in [5.74, 6) is -7.41. The first-order valence-electron chi connectivity index (χ1n) is 11.3. The molecule has 0 aromatic heterocycles. The van der Waals surface area contributed by atoms with E-state index in [-0.39, 0.29) is 34.6 Å². The fraction of sp³-hybridized carbons (Fsp3) is 0.304. The number of aryl methyl sites for hydroxylation is 1. The lowest BCUT2D eigenvalue weighted by atomic mass is 9.97. The van der Waals surface area contributed by atoms with Gasteiger partial charge >= 0.3 is 5.92 Å². The van der Waals surface area contributed by atoms with Gasteiger partial charge < -0.3 is 4.90 Å². The fourth-order valence-electron chi connectivity index (χ4n) is 3.61. The molecular weight excluding hydrogens is 442 g/mol. The van der Waals surface area contributed by atoms with Crippen molar-refractivity contribution in [3.8, 4) is 0 Å². The lowest BCUT2D eigenvalue weighted by molar-refractivity contribution is -0.144. The lowest BCUT2D eigenvalue weighted by Gasteiger charge is -2.29. The Kier molecular flexibility index (Phi) is 4.86. The first kappa shape index (κ1) is 18.4. The number of alkyl halides is 2. The van der Waals surface area contributed by atoms with Crippen LogP contribution in [0.2, 0.25) is 5.02 Å². The van der Waals surface area contributed by atoms with Gasteiger partial charge in [-0.25, -0.2) is 0 Å². The molecule has 0 saturated carbocycles. The van der Waals surface area contributed by atoms with Gasteiger partial charge in [-0.15, -0.1) is 0 Å². The average molecular weight is 464 g/mol. The molecule has 2 aromatic carbocycles. The van der Waals surface area contributed by atoms with Crippen molar-refractivity contribution in [1.82, 2.24) is 10.2 Å². The van der Waals surface area contributed by atoms with E-state index in [0.717, 1.165) is 17.0 Å². The Bertz CT molecular complexity index is 1240. The predicted octanol–water partition coefficient (Wildman–Crippen LogP) is 3.39. The Morgan fingerprint density at radius 2 is 1.94 bits per heavy atom. The van der Waals surface area contributed by atoms with Crippen LogP contribution in [0.4, 0.5) is 8.78 Å². The summed E-state index contributed by atoms with van der Waals surface area (Å²) in [5.41, 5.74) is -0.634. The molecule has 6 nitrogen and oxygen atoms in total. The normalized spacial score (nSPS) is 22.7. The zero-order valence-corrected chi connectivity index (χ0v) is 17.3. The smallest absolute Gasteiger partial charge is 0.322 e. The number of rotatable bonds is 6. The van der Waals surface area contributed by atoms with Crippen LogP contribution < -0.4 is 5.32 Å². The van der Waals surface area contributed by atoms with Gasteiger partial charge in [-0.05, 0) is 42.1 Å². The number of nitrogens with one attached hydrogen (secondary N) is 1. The molecule has 2 aliphatic heterocycles. The second-order valence-corrected chi connectivity index (χ2v) is 7.90. The number of nitrogens with zero attached hydrogens (tertiary/aromatic N) is 1. The first-order chi connectivity index (χ1) is 16.3. The number of piperidine rings is 1.